The molecule has 0 unspecified atom stereocenters. The number of nitriles is 1. The Kier molecular flexibility index (Phi) is 6.88. The van der Waals surface area contributed by atoms with E-state index in [4.69, 9.17) is 10.00 Å². The van der Waals surface area contributed by atoms with E-state index >= 15 is 0 Å². The van der Waals surface area contributed by atoms with E-state index in [0.29, 0.717) is 27.2 Å². The molecule has 0 saturated heterocycles. The summed E-state index contributed by atoms with van der Waals surface area (Å²) in [5.41, 5.74) is 1.44. The van der Waals surface area contributed by atoms with Crippen molar-refractivity contribution in [1.29, 1.82) is 5.26 Å². The van der Waals surface area contributed by atoms with E-state index in [1.54, 1.807) is 42.5 Å². The first-order valence-electron chi connectivity index (χ1n) is 7.52. The minimum Gasteiger partial charge on any atom is -0.487 e. The molecule has 2 rings (SSSR count). The Morgan fingerprint density at radius 3 is 2.85 bits per heavy atom. The fourth-order valence-corrected chi connectivity index (χ4v) is 2.41. The maximum Gasteiger partial charge on any atom is 0.260 e. The van der Waals surface area contributed by atoms with E-state index in [0.717, 1.165) is 0 Å². The van der Waals surface area contributed by atoms with E-state index < -0.39 is 11.5 Å². The molecule has 0 atom stereocenters. The number of nitro groups is 1. The number of hydrogen-bond donors (Lipinski definition) is 1. The number of benzene rings is 2. The zero-order valence-corrected chi connectivity index (χ0v) is 15.3. The van der Waals surface area contributed by atoms with Gasteiger partial charge < -0.3 is 10.1 Å². The predicted octanol–water partition coefficient (Wildman–Crippen LogP) is 4.30. The van der Waals surface area contributed by atoms with Crippen LogP contribution in [0.4, 0.5) is 11.4 Å². The minimum atomic E-state index is -0.498. The van der Waals surface area contributed by atoms with Crippen LogP contribution in [0.15, 0.2) is 64.6 Å². The summed E-state index contributed by atoms with van der Waals surface area (Å²) in [7, 11) is 0. The van der Waals surface area contributed by atoms with E-state index in [2.05, 4.69) is 32.8 Å². The molecule has 2 aromatic carbocycles. The number of nitrogens with zero attached hydrogens (tertiary/aromatic N) is 3. The first-order valence-corrected chi connectivity index (χ1v) is 8.31. The topological polar surface area (TPSA) is 101 Å². The Morgan fingerprint density at radius 1 is 1.42 bits per heavy atom. The third-order valence-corrected chi connectivity index (χ3v) is 3.80. The van der Waals surface area contributed by atoms with Crippen molar-refractivity contribution < 1.29 is 9.66 Å². The number of halogens is 1. The van der Waals surface area contributed by atoms with Crippen LogP contribution in [-0.2, 0) is 0 Å². The van der Waals surface area contributed by atoms with Crippen molar-refractivity contribution in [3.63, 3.8) is 0 Å². The zero-order valence-electron chi connectivity index (χ0n) is 13.7. The lowest BCUT2D eigenvalue weighted by Crippen LogP contribution is -2.22. The van der Waals surface area contributed by atoms with Crippen LogP contribution < -0.4 is 10.1 Å². The van der Waals surface area contributed by atoms with Crippen LogP contribution in [0.3, 0.4) is 0 Å². The molecule has 0 amide bonds. The summed E-state index contributed by atoms with van der Waals surface area (Å²) in [5.74, 6) is 0.516. The quantitative estimate of drug-likeness (QED) is 0.239. The van der Waals surface area contributed by atoms with E-state index in [9.17, 15) is 10.1 Å². The van der Waals surface area contributed by atoms with Gasteiger partial charge in [0.05, 0.1) is 23.0 Å². The second-order valence-corrected chi connectivity index (χ2v) is 5.90. The highest BCUT2D eigenvalue weighted by Gasteiger charge is 2.13. The third kappa shape index (κ3) is 5.43. The molecule has 0 heterocycles. The van der Waals surface area contributed by atoms with Gasteiger partial charge in [-0.2, -0.15) is 5.26 Å². The van der Waals surface area contributed by atoms with Crippen molar-refractivity contribution >= 4 is 33.1 Å². The molecule has 0 aliphatic carbocycles. The zero-order chi connectivity index (χ0) is 18.9. The maximum absolute atomic E-state index is 11.0. The summed E-state index contributed by atoms with van der Waals surface area (Å²) >= 11 is 3.37. The van der Waals surface area contributed by atoms with Gasteiger partial charge in [0.1, 0.15) is 12.4 Å². The molecule has 0 aliphatic heterocycles. The number of anilines is 1. The second kappa shape index (κ2) is 9.34. The monoisotopic (exact) mass is 414 g/mol. The van der Waals surface area contributed by atoms with Crippen molar-refractivity contribution in [3.05, 3.63) is 75.3 Å². The molecule has 8 heteroatoms. The molecule has 0 aromatic heterocycles. The normalized spacial score (nSPS) is 10.7. The van der Waals surface area contributed by atoms with Crippen molar-refractivity contribution in [2.45, 2.75) is 0 Å². The van der Waals surface area contributed by atoms with Crippen LogP contribution in [-0.4, -0.2) is 23.9 Å². The summed E-state index contributed by atoms with van der Waals surface area (Å²) in [5, 5.41) is 23.0. The highest BCUT2D eigenvalue weighted by atomic mass is 79.9. The van der Waals surface area contributed by atoms with Gasteiger partial charge in [-0.05, 0) is 40.2 Å². The number of hydrogen-bond acceptors (Lipinski definition) is 5. The first-order chi connectivity index (χ1) is 12.5. The predicted molar refractivity (Wildman–Crippen MR) is 104 cm³/mol. The number of aliphatic imine (C=N–C) groups is 1. The second-order valence-electron chi connectivity index (χ2n) is 5.05. The lowest BCUT2D eigenvalue weighted by atomic mass is 10.2. The van der Waals surface area contributed by atoms with Crippen LogP contribution >= 0.6 is 15.9 Å². The molecule has 7 nitrogen and oxygen atoms in total. The minimum absolute atomic E-state index is 0.134. The molecule has 0 radical (unpaired) electrons. The SMILES string of the molecule is C=CCOc1cc(C#N)ccc1NC(C[N+](=O)[O-])=Nc1ccccc1Br. The molecule has 0 bridgehead atoms. The van der Waals surface area contributed by atoms with Crippen LogP contribution in [0.25, 0.3) is 0 Å². The fourth-order valence-electron chi connectivity index (χ4n) is 2.03. The summed E-state index contributed by atoms with van der Waals surface area (Å²) in [6.45, 7) is 3.32. The number of para-hydroxylation sites is 1. The Labute approximate surface area is 158 Å². The van der Waals surface area contributed by atoms with Gasteiger partial charge in [0.2, 0.25) is 0 Å². The first kappa shape index (κ1) is 19.1. The average Bonchev–Trinajstić information content (AvgIpc) is 2.62. The number of rotatable bonds is 7. The van der Waals surface area contributed by atoms with Gasteiger partial charge in [0.25, 0.3) is 6.54 Å². The lowest BCUT2D eigenvalue weighted by molar-refractivity contribution is -0.463. The number of ether oxygens (including phenoxy) is 1. The summed E-state index contributed by atoms with van der Waals surface area (Å²) in [6, 6.07) is 13.9. The summed E-state index contributed by atoms with van der Waals surface area (Å²) < 4.78 is 6.26. The molecule has 2 aromatic rings. The van der Waals surface area contributed by atoms with Crippen molar-refractivity contribution in [1.82, 2.24) is 0 Å². The molecule has 26 heavy (non-hydrogen) atoms. The van der Waals surface area contributed by atoms with Crippen molar-refractivity contribution in [3.8, 4) is 11.8 Å². The van der Waals surface area contributed by atoms with Gasteiger partial charge in [-0.15, -0.1) is 0 Å². The average molecular weight is 415 g/mol. The van der Waals surface area contributed by atoms with Gasteiger partial charge in [-0.3, -0.25) is 10.1 Å². The molecule has 0 aliphatic rings. The number of amidine groups is 1. The largest absolute Gasteiger partial charge is 0.487 e. The molecular formula is C18H15BrN4O3. The van der Waals surface area contributed by atoms with Gasteiger partial charge >= 0.3 is 0 Å². The molecule has 0 fully saturated rings. The number of nitrogens with one attached hydrogen (secondary N) is 1. The standard InChI is InChI=1S/C18H15BrN4O3/c1-2-9-26-17-10-13(11-20)7-8-16(17)22-18(12-23(24)25)21-15-6-4-3-5-14(15)19/h2-8,10H,1,9,12H2,(H,21,22). The molecule has 0 saturated carbocycles. The summed E-state index contributed by atoms with van der Waals surface area (Å²) in [6.07, 6.45) is 1.57. The Hall–Kier alpha value is -3.18. The maximum atomic E-state index is 11.0. The smallest absolute Gasteiger partial charge is 0.260 e. The Balaban J connectivity index is 2.39. The molecule has 132 valence electrons. The fraction of sp³-hybridized carbons (Fsp3) is 0.111. The molecule has 1 N–H and O–H groups in total. The van der Waals surface area contributed by atoms with E-state index in [-0.39, 0.29) is 12.4 Å². The lowest BCUT2D eigenvalue weighted by Gasteiger charge is -2.13. The third-order valence-electron chi connectivity index (χ3n) is 3.13. The van der Waals surface area contributed by atoms with Crippen LogP contribution in [0.2, 0.25) is 0 Å². The van der Waals surface area contributed by atoms with Gasteiger partial charge in [0.15, 0.2) is 5.84 Å². The van der Waals surface area contributed by atoms with Crippen molar-refractivity contribution in [2.24, 2.45) is 4.99 Å². The van der Waals surface area contributed by atoms with Crippen molar-refractivity contribution in [2.75, 3.05) is 18.5 Å². The molecule has 0 spiro atoms. The van der Waals surface area contributed by atoms with Gasteiger partial charge in [0, 0.05) is 15.5 Å². The van der Waals surface area contributed by atoms with Crippen LogP contribution in [0.1, 0.15) is 5.56 Å². The highest BCUT2D eigenvalue weighted by molar-refractivity contribution is 9.10. The van der Waals surface area contributed by atoms with E-state index in [1.807, 2.05) is 12.1 Å². The Bertz CT molecular complexity index is 890. The van der Waals surface area contributed by atoms with Gasteiger partial charge in [-0.1, -0.05) is 24.8 Å². The van der Waals surface area contributed by atoms with E-state index in [1.165, 1.54) is 0 Å². The van der Waals surface area contributed by atoms with Crippen LogP contribution in [0, 0.1) is 21.4 Å². The molecular weight excluding hydrogens is 400 g/mol. The van der Waals surface area contributed by atoms with Crippen LogP contribution in [0.5, 0.6) is 5.75 Å². The van der Waals surface area contributed by atoms with Gasteiger partial charge in [-0.25, -0.2) is 4.99 Å². The summed E-state index contributed by atoms with van der Waals surface area (Å²) in [4.78, 5) is 14.9. The highest BCUT2D eigenvalue weighted by Crippen LogP contribution is 2.28. The Morgan fingerprint density at radius 2 is 2.19 bits per heavy atom.